The van der Waals surface area contributed by atoms with Crippen molar-refractivity contribution in [2.24, 2.45) is 5.92 Å². The number of carboxylic acid groups (broad SMARTS) is 1. The Morgan fingerprint density at radius 1 is 1.43 bits per heavy atom. The Kier molecular flexibility index (Phi) is 6.61. The number of aryl methyl sites for hydroxylation is 1. The Balaban J connectivity index is 2.47. The maximum absolute atomic E-state index is 13.3. The average molecular weight is 361 g/mol. The summed E-state index contributed by atoms with van der Waals surface area (Å²) in [6, 6.07) is 2.42. The molecule has 0 bridgehead atoms. The molecule has 0 heterocycles. The average Bonchev–Trinajstić information content (AvgIpc) is 2.40. The van der Waals surface area contributed by atoms with Gasteiger partial charge in [-0.05, 0) is 52.9 Å². The second kappa shape index (κ2) is 7.97. The fraction of sp³-hybridized carbons (Fsp3) is 0.429. The number of aliphatic carboxylic acids is 1. The summed E-state index contributed by atoms with van der Waals surface area (Å²) in [6.07, 6.45) is 0.575. The van der Waals surface area contributed by atoms with Crippen molar-refractivity contribution in [1.29, 1.82) is 0 Å². The van der Waals surface area contributed by atoms with Crippen LogP contribution in [0.15, 0.2) is 16.6 Å². The number of amides is 2. The van der Waals surface area contributed by atoms with Crippen LogP contribution < -0.4 is 10.6 Å². The van der Waals surface area contributed by atoms with Gasteiger partial charge in [0, 0.05) is 18.7 Å². The van der Waals surface area contributed by atoms with E-state index in [-0.39, 0.29) is 22.6 Å². The molecule has 1 aromatic carbocycles. The molecule has 0 saturated carbocycles. The summed E-state index contributed by atoms with van der Waals surface area (Å²) >= 11 is 3.06. The van der Waals surface area contributed by atoms with Crippen molar-refractivity contribution in [2.75, 3.05) is 11.9 Å². The van der Waals surface area contributed by atoms with Crippen molar-refractivity contribution >= 4 is 33.6 Å². The third-order valence-electron chi connectivity index (χ3n) is 2.98. The van der Waals surface area contributed by atoms with Gasteiger partial charge in [0.2, 0.25) is 0 Å². The highest BCUT2D eigenvalue weighted by Gasteiger charge is 2.10. The number of hydrogen-bond acceptors (Lipinski definition) is 2. The molecule has 1 unspecified atom stereocenters. The summed E-state index contributed by atoms with van der Waals surface area (Å²) in [5.74, 6) is -1.17. The first-order valence-corrected chi connectivity index (χ1v) is 7.31. The van der Waals surface area contributed by atoms with Crippen LogP contribution in [0.4, 0.5) is 14.9 Å². The lowest BCUT2D eigenvalue weighted by atomic mass is 10.1. The molecule has 0 aromatic heterocycles. The number of nitrogens with one attached hydrogen (secondary N) is 2. The van der Waals surface area contributed by atoms with Crippen LogP contribution in [0.1, 0.15) is 25.3 Å². The summed E-state index contributed by atoms with van der Waals surface area (Å²) in [7, 11) is 0. The van der Waals surface area contributed by atoms with Gasteiger partial charge in [-0.25, -0.2) is 9.18 Å². The molecule has 21 heavy (non-hydrogen) atoms. The van der Waals surface area contributed by atoms with Crippen LogP contribution in [0, 0.1) is 18.7 Å². The van der Waals surface area contributed by atoms with Crippen molar-refractivity contribution in [1.82, 2.24) is 5.32 Å². The number of halogens is 2. The van der Waals surface area contributed by atoms with Crippen molar-refractivity contribution in [3.63, 3.8) is 0 Å². The third-order valence-corrected chi connectivity index (χ3v) is 3.59. The molecule has 1 aromatic rings. The van der Waals surface area contributed by atoms with E-state index in [1.54, 1.807) is 6.92 Å². The van der Waals surface area contributed by atoms with E-state index in [0.717, 1.165) is 0 Å². The van der Waals surface area contributed by atoms with Crippen molar-refractivity contribution in [3.05, 3.63) is 28.0 Å². The fourth-order valence-electron chi connectivity index (χ4n) is 1.69. The molecule has 0 aliphatic carbocycles. The largest absolute Gasteiger partial charge is 0.481 e. The zero-order chi connectivity index (χ0) is 16.0. The number of carbonyl (C=O) groups excluding carboxylic acids is 1. The third kappa shape index (κ3) is 6.12. The van der Waals surface area contributed by atoms with E-state index in [0.29, 0.717) is 24.2 Å². The Labute approximate surface area is 131 Å². The lowest BCUT2D eigenvalue weighted by Crippen LogP contribution is -2.32. The molecule has 7 heteroatoms. The number of hydrogen-bond donors (Lipinski definition) is 3. The van der Waals surface area contributed by atoms with E-state index in [2.05, 4.69) is 26.6 Å². The summed E-state index contributed by atoms with van der Waals surface area (Å²) < 4.78 is 13.6. The molecule has 0 radical (unpaired) electrons. The standard InChI is InChI=1S/C14H18BrFN2O3/c1-8(3-4-13(19)20)7-17-14(21)18-12-6-10(15)11(16)5-9(12)2/h5-6,8H,3-4,7H2,1-2H3,(H,19,20)(H2,17,18,21). The maximum Gasteiger partial charge on any atom is 0.319 e. The molecule has 0 fully saturated rings. The topological polar surface area (TPSA) is 78.4 Å². The molecule has 0 spiro atoms. The number of urea groups is 1. The zero-order valence-electron chi connectivity index (χ0n) is 11.9. The summed E-state index contributed by atoms with van der Waals surface area (Å²) in [5, 5.41) is 13.9. The summed E-state index contributed by atoms with van der Waals surface area (Å²) in [4.78, 5) is 22.2. The molecular formula is C14H18BrFN2O3. The van der Waals surface area contributed by atoms with Gasteiger partial charge in [-0.15, -0.1) is 0 Å². The SMILES string of the molecule is Cc1cc(F)c(Br)cc1NC(=O)NCC(C)CCC(=O)O. The molecule has 116 valence electrons. The Hall–Kier alpha value is -1.63. The molecule has 0 saturated heterocycles. The highest BCUT2D eigenvalue weighted by molar-refractivity contribution is 9.10. The molecule has 2 amide bonds. The molecule has 1 atom stereocenters. The zero-order valence-corrected chi connectivity index (χ0v) is 13.5. The van der Waals surface area contributed by atoms with Gasteiger partial charge in [0.25, 0.3) is 0 Å². The fourth-order valence-corrected chi connectivity index (χ4v) is 2.03. The highest BCUT2D eigenvalue weighted by atomic mass is 79.9. The maximum atomic E-state index is 13.3. The minimum absolute atomic E-state index is 0.0629. The van der Waals surface area contributed by atoms with Gasteiger partial charge in [-0.3, -0.25) is 4.79 Å². The van der Waals surface area contributed by atoms with Crippen LogP contribution in [0.2, 0.25) is 0 Å². The van der Waals surface area contributed by atoms with Crippen LogP contribution >= 0.6 is 15.9 Å². The number of rotatable bonds is 6. The second-order valence-electron chi connectivity index (χ2n) is 4.95. The van der Waals surface area contributed by atoms with Crippen LogP contribution in [0.25, 0.3) is 0 Å². The predicted molar refractivity (Wildman–Crippen MR) is 81.9 cm³/mol. The van der Waals surface area contributed by atoms with Crippen LogP contribution in [-0.2, 0) is 4.79 Å². The lowest BCUT2D eigenvalue weighted by Gasteiger charge is -2.14. The molecule has 5 nitrogen and oxygen atoms in total. The second-order valence-corrected chi connectivity index (χ2v) is 5.81. The molecule has 3 N–H and O–H groups in total. The van der Waals surface area contributed by atoms with Gasteiger partial charge in [0.15, 0.2) is 0 Å². The van der Waals surface area contributed by atoms with Crippen LogP contribution in [0.5, 0.6) is 0 Å². The Morgan fingerprint density at radius 2 is 2.10 bits per heavy atom. The molecule has 0 aliphatic rings. The molecule has 1 rings (SSSR count). The number of carboxylic acids is 1. The minimum Gasteiger partial charge on any atom is -0.481 e. The monoisotopic (exact) mass is 360 g/mol. The number of benzene rings is 1. The number of carbonyl (C=O) groups is 2. The quantitative estimate of drug-likeness (QED) is 0.726. The lowest BCUT2D eigenvalue weighted by molar-refractivity contribution is -0.137. The van der Waals surface area contributed by atoms with Gasteiger partial charge >= 0.3 is 12.0 Å². The van der Waals surface area contributed by atoms with E-state index < -0.39 is 12.0 Å². The minimum atomic E-state index is -0.849. The van der Waals surface area contributed by atoms with Gasteiger partial charge in [-0.1, -0.05) is 6.92 Å². The summed E-state index contributed by atoms with van der Waals surface area (Å²) in [5.41, 5.74) is 1.13. The highest BCUT2D eigenvalue weighted by Crippen LogP contribution is 2.24. The van der Waals surface area contributed by atoms with E-state index in [9.17, 15) is 14.0 Å². The van der Waals surface area contributed by atoms with Crippen LogP contribution in [0.3, 0.4) is 0 Å². The predicted octanol–water partition coefficient (Wildman–Crippen LogP) is 3.52. The van der Waals surface area contributed by atoms with Gasteiger partial charge < -0.3 is 15.7 Å². The van der Waals surface area contributed by atoms with E-state index in [1.807, 2.05) is 6.92 Å². The first-order chi connectivity index (χ1) is 9.79. The van der Waals surface area contributed by atoms with E-state index in [1.165, 1.54) is 12.1 Å². The normalized spacial score (nSPS) is 11.8. The Bertz CT molecular complexity index is 537. The summed E-state index contributed by atoms with van der Waals surface area (Å²) in [6.45, 7) is 3.93. The molecular weight excluding hydrogens is 343 g/mol. The van der Waals surface area contributed by atoms with Gasteiger partial charge in [0.05, 0.1) is 4.47 Å². The van der Waals surface area contributed by atoms with Crippen LogP contribution in [-0.4, -0.2) is 23.7 Å². The van der Waals surface area contributed by atoms with Crippen molar-refractivity contribution < 1.29 is 19.1 Å². The Morgan fingerprint density at radius 3 is 2.71 bits per heavy atom. The first kappa shape index (κ1) is 17.4. The van der Waals surface area contributed by atoms with Crippen molar-refractivity contribution in [3.8, 4) is 0 Å². The van der Waals surface area contributed by atoms with Crippen molar-refractivity contribution in [2.45, 2.75) is 26.7 Å². The molecule has 0 aliphatic heterocycles. The van der Waals surface area contributed by atoms with E-state index in [4.69, 9.17) is 5.11 Å². The van der Waals surface area contributed by atoms with E-state index >= 15 is 0 Å². The van der Waals surface area contributed by atoms with Gasteiger partial charge in [-0.2, -0.15) is 0 Å². The smallest absolute Gasteiger partial charge is 0.319 e. The van der Waals surface area contributed by atoms with Gasteiger partial charge in [0.1, 0.15) is 5.82 Å². The number of anilines is 1. The first-order valence-electron chi connectivity index (χ1n) is 6.52.